The third kappa shape index (κ3) is 5.29. The topological polar surface area (TPSA) is 84.9 Å². The maximum atomic E-state index is 12.6. The molecule has 0 aliphatic carbocycles. The van der Waals surface area contributed by atoms with Crippen LogP contribution >= 0.6 is 7.60 Å². The van der Waals surface area contributed by atoms with Crippen molar-refractivity contribution < 1.29 is 22.9 Å². The van der Waals surface area contributed by atoms with Crippen molar-refractivity contribution in [1.82, 2.24) is 4.72 Å². The zero-order chi connectivity index (χ0) is 15.9. The minimum absolute atomic E-state index is 0.173. The van der Waals surface area contributed by atoms with Gasteiger partial charge >= 0.3 is 7.60 Å². The number of benzene rings is 1. The van der Waals surface area contributed by atoms with Crippen molar-refractivity contribution in [2.24, 2.45) is 0 Å². The molecule has 0 amide bonds. The van der Waals surface area contributed by atoms with Gasteiger partial charge in [-0.25, -0.2) is 8.93 Å². The second-order valence-electron chi connectivity index (χ2n) is 4.27. The van der Waals surface area contributed by atoms with Gasteiger partial charge in [-0.2, -0.15) is 0 Å². The lowest BCUT2D eigenvalue weighted by Gasteiger charge is -2.25. The smallest absolute Gasteiger partial charge is 0.350 e. The Labute approximate surface area is 128 Å². The Morgan fingerprint density at radius 2 is 1.76 bits per heavy atom. The minimum atomic E-state index is -3.57. The average molecular weight is 335 g/mol. The highest BCUT2D eigenvalue weighted by Crippen LogP contribution is 2.51. The third-order valence-corrected chi connectivity index (χ3v) is 6.32. The fourth-order valence-corrected chi connectivity index (χ4v) is 4.63. The van der Waals surface area contributed by atoms with E-state index in [2.05, 4.69) is 4.72 Å². The molecule has 0 heterocycles. The quantitative estimate of drug-likeness (QED) is 0.676. The summed E-state index contributed by atoms with van der Waals surface area (Å²) in [6.07, 6.45) is 0. The maximum absolute atomic E-state index is 12.6. The van der Waals surface area contributed by atoms with E-state index in [1.807, 2.05) is 19.1 Å². The Kier molecular flexibility index (Phi) is 7.73. The molecule has 21 heavy (non-hydrogen) atoms. The molecule has 0 aromatic heterocycles. The van der Waals surface area contributed by atoms with Crippen LogP contribution in [0.3, 0.4) is 0 Å². The second kappa shape index (κ2) is 8.78. The molecule has 0 aliphatic rings. The molecule has 2 N–H and O–H groups in total. The van der Waals surface area contributed by atoms with Crippen LogP contribution < -0.4 is 4.72 Å². The third-order valence-electron chi connectivity index (χ3n) is 2.65. The molecule has 0 fully saturated rings. The first-order valence-electron chi connectivity index (χ1n) is 6.71. The van der Waals surface area contributed by atoms with Crippen LogP contribution in [0.15, 0.2) is 29.2 Å². The molecular formula is C13H22NO5PS. The van der Waals surface area contributed by atoms with Gasteiger partial charge in [0.25, 0.3) is 0 Å². The molecule has 0 saturated carbocycles. The van der Waals surface area contributed by atoms with Crippen LogP contribution in [0.5, 0.6) is 0 Å². The molecule has 1 rings (SSSR count). The molecule has 0 radical (unpaired) electrons. The molecule has 1 aromatic rings. The number of hydrogen-bond donors (Lipinski definition) is 2. The van der Waals surface area contributed by atoms with Crippen molar-refractivity contribution in [2.45, 2.75) is 31.4 Å². The molecule has 0 aliphatic heterocycles. The first-order valence-corrected chi connectivity index (χ1v) is 9.47. The van der Waals surface area contributed by atoms with Crippen molar-refractivity contribution in [1.29, 1.82) is 0 Å². The van der Waals surface area contributed by atoms with Crippen LogP contribution in [0.25, 0.3) is 0 Å². The van der Waals surface area contributed by atoms with Gasteiger partial charge in [-0.05, 0) is 32.9 Å². The van der Waals surface area contributed by atoms with Crippen molar-refractivity contribution in [3.63, 3.8) is 0 Å². The van der Waals surface area contributed by atoms with E-state index in [4.69, 9.17) is 9.05 Å². The first-order chi connectivity index (χ1) is 9.96. The Balaban J connectivity index is 2.87. The van der Waals surface area contributed by atoms with Gasteiger partial charge in [-0.1, -0.05) is 17.7 Å². The highest BCUT2D eigenvalue weighted by molar-refractivity contribution is 7.83. The van der Waals surface area contributed by atoms with E-state index in [-0.39, 0.29) is 13.2 Å². The molecule has 0 unspecified atom stereocenters. The molecule has 1 aromatic carbocycles. The van der Waals surface area contributed by atoms with E-state index in [1.165, 1.54) is 0 Å². The minimum Gasteiger partial charge on any atom is -0.394 e. The fourth-order valence-electron chi connectivity index (χ4n) is 1.63. The van der Waals surface area contributed by atoms with Crippen LogP contribution in [0.1, 0.15) is 19.4 Å². The second-order valence-corrected chi connectivity index (χ2v) is 7.74. The van der Waals surface area contributed by atoms with Crippen molar-refractivity contribution in [2.75, 3.05) is 19.8 Å². The summed E-state index contributed by atoms with van der Waals surface area (Å²) in [5.41, 5.74) is 1.05. The predicted molar refractivity (Wildman–Crippen MR) is 82.5 cm³/mol. The van der Waals surface area contributed by atoms with Gasteiger partial charge in [0.2, 0.25) is 0 Å². The highest BCUT2D eigenvalue weighted by atomic mass is 32.2. The van der Waals surface area contributed by atoms with Crippen molar-refractivity contribution in [3.8, 4) is 0 Å². The Hall–Kier alpha value is -0.560. The lowest BCUT2D eigenvalue weighted by Crippen LogP contribution is -2.35. The summed E-state index contributed by atoms with van der Waals surface area (Å²) in [4.78, 5) is 0.526. The fraction of sp³-hybridized carbons (Fsp3) is 0.538. The number of aliphatic hydroxyl groups is 1. The summed E-state index contributed by atoms with van der Waals surface area (Å²) in [5, 5.41) is 9.43. The lowest BCUT2D eigenvalue weighted by molar-refractivity contribution is 0.191. The Bertz CT molecular complexity index is 498. The zero-order valence-corrected chi connectivity index (χ0v) is 14.2. The first kappa shape index (κ1) is 18.5. The summed E-state index contributed by atoms with van der Waals surface area (Å²) in [7, 11) is -5.19. The number of hydrogen-bond acceptors (Lipinski definition) is 5. The number of nitrogens with one attached hydrogen (secondary N) is 1. The summed E-state index contributed by atoms with van der Waals surface area (Å²) in [5.74, 6) is -1.04. The Morgan fingerprint density at radius 3 is 2.19 bits per heavy atom. The van der Waals surface area contributed by atoms with Crippen LogP contribution in [0, 0.1) is 6.92 Å². The summed E-state index contributed by atoms with van der Waals surface area (Å²) < 4.78 is 37.7. The van der Waals surface area contributed by atoms with Crippen LogP contribution in [0.2, 0.25) is 0 Å². The van der Waals surface area contributed by atoms with Crippen LogP contribution in [-0.4, -0.2) is 34.9 Å². The van der Waals surface area contributed by atoms with Crippen LogP contribution in [-0.2, 0) is 24.6 Å². The van der Waals surface area contributed by atoms with E-state index >= 15 is 0 Å². The molecule has 0 saturated heterocycles. The van der Waals surface area contributed by atoms with E-state index in [0.717, 1.165) is 5.56 Å². The largest absolute Gasteiger partial charge is 0.394 e. The normalized spacial score (nSPS) is 14.9. The van der Waals surface area contributed by atoms with Gasteiger partial charge in [0, 0.05) is 0 Å². The molecular weight excluding hydrogens is 313 g/mol. The van der Waals surface area contributed by atoms with Gasteiger partial charge in [-0.15, -0.1) is 0 Å². The number of rotatable bonds is 9. The lowest BCUT2D eigenvalue weighted by atomic mass is 10.2. The highest BCUT2D eigenvalue weighted by Gasteiger charge is 2.36. The van der Waals surface area contributed by atoms with E-state index in [1.54, 1.807) is 26.0 Å². The average Bonchev–Trinajstić information content (AvgIpc) is 2.45. The summed E-state index contributed by atoms with van der Waals surface area (Å²) in [6, 6.07) is 7.07. The van der Waals surface area contributed by atoms with Gasteiger partial charge in [0.1, 0.15) is 16.8 Å². The standard InChI is InChI=1S/C13H22NO5PS/c1-4-18-20(16,19-5-2)13(10-15)14-21(17)12-8-6-11(3)7-9-12/h6-9,13-15H,4-5,10H2,1-3H3/t13-,21+/m1/s1. The van der Waals surface area contributed by atoms with E-state index in [9.17, 15) is 13.9 Å². The SMILES string of the molecule is CCOP(=O)(OCC)[C@H](CO)N[S@@](=O)c1ccc(C)cc1. The zero-order valence-electron chi connectivity index (χ0n) is 12.4. The van der Waals surface area contributed by atoms with E-state index in [0.29, 0.717) is 4.90 Å². The molecule has 2 atom stereocenters. The van der Waals surface area contributed by atoms with Crippen molar-refractivity contribution in [3.05, 3.63) is 29.8 Å². The van der Waals surface area contributed by atoms with Gasteiger partial charge in [0.05, 0.1) is 24.7 Å². The maximum Gasteiger partial charge on any atom is 0.350 e. The summed E-state index contributed by atoms with van der Waals surface area (Å²) >= 11 is 0. The summed E-state index contributed by atoms with van der Waals surface area (Å²) in [6.45, 7) is 5.12. The van der Waals surface area contributed by atoms with Crippen molar-refractivity contribution >= 4 is 18.6 Å². The van der Waals surface area contributed by atoms with Crippen LogP contribution in [0.4, 0.5) is 0 Å². The van der Waals surface area contributed by atoms with E-state index < -0.39 is 31.0 Å². The molecule has 6 nitrogen and oxygen atoms in total. The van der Waals surface area contributed by atoms with Gasteiger partial charge < -0.3 is 14.2 Å². The number of aliphatic hydroxyl groups excluding tert-OH is 1. The molecule has 0 spiro atoms. The van der Waals surface area contributed by atoms with Gasteiger partial charge in [0.15, 0.2) is 0 Å². The molecule has 0 bridgehead atoms. The monoisotopic (exact) mass is 335 g/mol. The Morgan fingerprint density at radius 1 is 1.24 bits per heavy atom. The van der Waals surface area contributed by atoms with Gasteiger partial charge in [-0.3, -0.25) is 4.57 Å². The molecule has 120 valence electrons. The molecule has 8 heteroatoms. The number of aryl methyl sites for hydroxylation is 1. The predicted octanol–water partition coefficient (Wildman–Crippen LogP) is 2.19.